The second kappa shape index (κ2) is 10.9. The highest BCUT2D eigenvalue weighted by Crippen LogP contribution is 2.30. The van der Waals surface area contributed by atoms with E-state index in [4.69, 9.17) is 9.47 Å². The Morgan fingerprint density at radius 3 is 2.44 bits per heavy atom. The molecule has 1 amide bonds. The lowest BCUT2D eigenvalue weighted by molar-refractivity contribution is -0.150. The van der Waals surface area contributed by atoms with E-state index in [9.17, 15) is 32.3 Å². The van der Waals surface area contributed by atoms with Crippen molar-refractivity contribution in [3.05, 3.63) is 64.5 Å². The third-order valence-corrected chi connectivity index (χ3v) is 4.54. The van der Waals surface area contributed by atoms with Crippen LogP contribution in [0.3, 0.4) is 0 Å². The molecule has 0 saturated heterocycles. The number of aliphatic carboxylic acids is 1. The second-order valence-electron chi connectivity index (χ2n) is 6.92. The monoisotopic (exact) mass is 457 g/mol. The van der Waals surface area contributed by atoms with Crippen LogP contribution in [0.4, 0.5) is 17.6 Å². The maximum atomic E-state index is 14.0. The van der Waals surface area contributed by atoms with E-state index in [0.717, 1.165) is 6.07 Å². The van der Waals surface area contributed by atoms with E-state index in [1.54, 1.807) is 18.2 Å². The lowest BCUT2D eigenvalue weighted by atomic mass is 10.0. The zero-order chi connectivity index (χ0) is 23.9. The minimum atomic E-state index is -4.72. The molecule has 0 aliphatic heterocycles. The number of carbonyl (C=O) groups is 2. The van der Waals surface area contributed by atoms with Gasteiger partial charge in [0.1, 0.15) is 11.6 Å². The third-order valence-electron chi connectivity index (χ3n) is 4.54. The van der Waals surface area contributed by atoms with Crippen LogP contribution in [0.25, 0.3) is 0 Å². The van der Waals surface area contributed by atoms with Gasteiger partial charge in [-0.2, -0.15) is 13.2 Å². The summed E-state index contributed by atoms with van der Waals surface area (Å²) in [7, 11) is 1.40. The molecule has 0 spiro atoms. The summed E-state index contributed by atoms with van der Waals surface area (Å²) >= 11 is 0. The van der Waals surface area contributed by atoms with Crippen molar-refractivity contribution in [2.75, 3.05) is 13.7 Å². The number of nitrogens with one attached hydrogen (secondary N) is 1. The highest BCUT2D eigenvalue weighted by Gasteiger charge is 2.31. The molecule has 0 saturated carbocycles. The Bertz CT molecular complexity index is 962. The number of alkyl halides is 3. The number of hydrogen-bond acceptors (Lipinski definition) is 4. The zero-order valence-corrected chi connectivity index (χ0v) is 17.5. The predicted octanol–water partition coefficient (Wildman–Crippen LogP) is 4.21. The number of hydrogen-bond donors (Lipinski definition) is 2. The summed E-state index contributed by atoms with van der Waals surface area (Å²) < 4.78 is 62.6. The number of amides is 1. The van der Waals surface area contributed by atoms with Crippen LogP contribution >= 0.6 is 0 Å². The Kier molecular flexibility index (Phi) is 8.59. The molecule has 32 heavy (non-hydrogen) atoms. The number of carboxylic acid groups (broad SMARTS) is 1. The maximum absolute atomic E-state index is 14.0. The van der Waals surface area contributed by atoms with Crippen molar-refractivity contribution in [2.24, 2.45) is 0 Å². The molecule has 0 aliphatic carbocycles. The van der Waals surface area contributed by atoms with Gasteiger partial charge in [0, 0.05) is 25.1 Å². The number of rotatable bonds is 10. The number of ether oxygens (including phenoxy) is 2. The molecule has 0 bridgehead atoms. The van der Waals surface area contributed by atoms with Crippen molar-refractivity contribution < 1.29 is 41.7 Å². The quantitative estimate of drug-likeness (QED) is 0.523. The molecule has 1 unspecified atom stereocenters. The smallest absolute Gasteiger partial charge is 0.416 e. The first-order chi connectivity index (χ1) is 15.1. The van der Waals surface area contributed by atoms with Gasteiger partial charge in [-0.3, -0.25) is 4.79 Å². The highest BCUT2D eigenvalue weighted by molar-refractivity contribution is 5.94. The van der Waals surface area contributed by atoms with Crippen molar-refractivity contribution in [1.82, 2.24) is 5.32 Å². The lowest BCUT2D eigenvalue weighted by Crippen LogP contribution is -2.27. The minimum Gasteiger partial charge on any atom is -0.496 e. The van der Waals surface area contributed by atoms with E-state index in [-0.39, 0.29) is 25.6 Å². The lowest BCUT2D eigenvalue weighted by Gasteiger charge is -2.16. The van der Waals surface area contributed by atoms with Crippen LogP contribution in [0.2, 0.25) is 0 Å². The molecule has 2 aromatic rings. The molecule has 1 atom stereocenters. The molecule has 2 rings (SSSR count). The van der Waals surface area contributed by atoms with Crippen LogP contribution < -0.4 is 10.1 Å². The summed E-state index contributed by atoms with van der Waals surface area (Å²) in [6, 6.07) is 6.52. The van der Waals surface area contributed by atoms with Crippen LogP contribution in [-0.2, 0) is 28.7 Å². The SMILES string of the molecule is CCCOC(Cc1ccc(OC)c(CNC(=O)c2ccc(C(F)(F)F)cc2F)c1)C(=O)O. The molecular formula is C22H23F4NO5. The van der Waals surface area contributed by atoms with E-state index >= 15 is 0 Å². The first-order valence-corrected chi connectivity index (χ1v) is 9.72. The molecule has 0 heterocycles. The molecule has 0 aliphatic rings. The summed E-state index contributed by atoms with van der Waals surface area (Å²) in [5.41, 5.74) is -0.643. The first-order valence-electron chi connectivity index (χ1n) is 9.72. The summed E-state index contributed by atoms with van der Waals surface area (Å²) in [6.07, 6.45) is -5.04. The maximum Gasteiger partial charge on any atom is 0.416 e. The van der Waals surface area contributed by atoms with Gasteiger partial charge in [-0.15, -0.1) is 0 Å². The first kappa shape index (κ1) is 25.1. The molecule has 2 N–H and O–H groups in total. The second-order valence-corrected chi connectivity index (χ2v) is 6.92. The van der Waals surface area contributed by atoms with Gasteiger partial charge in [0.15, 0.2) is 6.10 Å². The van der Waals surface area contributed by atoms with Gasteiger partial charge < -0.3 is 19.9 Å². The molecule has 6 nitrogen and oxygen atoms in total. The number of halogens is 4. The van der Waals surface area contributed by atoms with Crippen LogP contribution in [0.5, 0.6) is 5.75 Å². The van der Waals surface area contributed by atoms with E-state index < -0.39 is 41.1 Å². The predicted molar refractivity (Wildman–Crippen MR) is 107 cm³/mol. The fourth-order valence-corrected chi connectivity index (χ4v) is 2.94. The molecule has 10 heteroatoms. The fraction of sp³-hybridized carbons (Fsp3) is 0.364. The summed E-state index contributed by atoms with van der Waals surface area (Å²) in [6.45, 7) is 2.02. The van der Waals surface area contributed by atoms with Gasteiger partial charge in [0.05, 0.1) is 18.2 Å². The standard InChI is InChI=1S/C22H23F4NO5/c1-3-8-32-19(21(29)30)10-13-4-7-18(31-2)14(9-13)12-27-20(28)16-6-5-15(11-17(16)23)22(24,25)26/h4-7,9,11,19H,3,8,10,12H2,1-2H3,(H,27,28)(H,29,30). The third kappa shape index (κ3) is 6.68. The Labute approximate surface area is 182 Å². The topological polar surface area (TPSA) is 84.9 Å². The van der Waals surface area contributed by atoms with Crippen LogP contribution in [0.1, 0.15) is 40.4 Å². The van der Waals surface area contributed by atoms with Crippen molar-refractivity contribution in [3.8, 4) is 5.75 Å². The van der Waals surface area contributed by atoms with Gasteiger partial charge in [0.25, 0.3) is 5.91 Å². The normalized spacial score (nSPS) is 12.3. The molecule has 0 radical (unpaired) electrons. The Balaban J connectivity index is 2.15. The van der Waals surface area contributed by atoms with Gasteiger partial charge in [-0.05, 0) is 36.2 Å². The molecule has 0 aromatic heterocycles. The highest BCUT2D eigenvalue weighted by atomic mass is 19.4. The molecular weight excluding hydrogens is 434 g/mol. The largest absolute Gasteiger partial charge is 0.496 e. The average molecular weight is 457 g/mol. The number of methoxy groups -OCH3 is 1. The molecule has 0 fully saturated rings. The Hall–Kier alpha value is -3.14. The van der Waals surface area contributed by atoms with Gasteiger partial charge in [-0.25, -0.2) is 9.18 Å². The van der Waals surface area contributed by atoms with E-state index in [0.29, 0.717) is 29.4 Å². The van der Waals surface area contributed by atoms with Crippen LogP contribution in [0, 0.1) is 5.82 Å². The minimum absolute atomic E-state index is 0.0772. The summed E-state index contributed by atoms with van der Waals surface area (Å²) in [5.74, 6) is -2.92. The zero-order valence-electron chi connectivity index (χ0n) is 17.5. The average Bonchev–Trinajstić information content (AvgIpc) is 2.74. The van der Waals surface area contributed by atoms with Crippen LogP contribution in [0.15, 0.2) is 36.4 Å². The number of carbonyl (C=O) groups excluding carboxylic acids is 1. The van der Waals surface area contributed by atoms with Crippen molar-refractivity contribution in [3.63, 3.8) is 0 Å². The van der Waals surface area contributed by atoms with Gasteiger partial charge in [-0.1, -0.05) is 19.1 Å². The van der Waals surface area contributed by atoms with E-state index in [1.807, 2.05) is 6.92 Å². The number of carboxylic acids is 1. The van der Waals surface area contributed by atoms with Gasteiger partial charge in [0.2, 0.25) is 0 Å². The fourth-order valence-electron chi connectivity index (χ4n) is 2.94. The van der Waals surface area contributed by atoms with Crippen LogP contribution in [-0.4, -0.2) is 36.8 Å². The summed E-state index contributed by atoms with van der Waals surface area (Å²) in [5, 5.41) is 11.8. The number of benzene rings is 2. The van der Waals surface area contributed by atoms with Gasteiger partial charge >= 0.3 is 12.1 Å². The van der Waals surface area contributed by atoms with Crippen molar-refractivity contribution in [1.29, 1.82) is 0 Å². The van der Waals surface area contributed by atoms with E-state index in [2.05, 4.69) is 5.32 Å². The van der Waals surface area contributed by atoms with Crippen molar-refractivity contribution in [2.45, 2.75) is 38.6 Å². The summed E-state index contributed by atoms with van der Waals surface area (Å²) in [4.78, 5) is 23.7. The Morgan fingerprint density at radius 2 is 1.88 bits per heavy atom. The van der Waals surface area contributed by atoms with Crippen molar-refractivity contribution >= 4 is 11.9 Å². The Morgan fingerprint density at radius 1 is 1.16 bits per heavy atom. The van der Waals surface area contributed by atoms with E-state index in [1.165, 1.54) is 7.11 Å². The molecule has 2 aromatic carbocycles. The molecule has 174 valence electrons.